The quantitative estimate of drug-likeness (QED) is 0.368. The van der Waals surface area contributed by atoms with Crippen LogP contribution in [-0.4, -0.2) is 60.5 Å². The lowest BCUT2D eigenvalue weighted by atomic mass is 10.1. The minimum atomic E-state index is -4.93. The highest BCUT2D eigenvalue weighted by atomic mass is 19.4. The number of alkyl halides is 3. The van der Waals surface area contributed by atoms with Gasteiger partial charge in [0.15, 0.2) is 18.7 Å². The molecule has 1 atom stereocenters. The predicted octanol–water partition coefficient (Wildman–Crippen LogP) is 4.64. The summed E-state index contributed by atoms with van der Waals surface area (Å²) in [6, 6.07) is 13.4. The van der Waals surface area contributed by atoms with Crippen LogP contribution < -0.4 is 14.7 Å². The standard InChI is InChI=1S/C25H27F3N6O5/c1-17-32(2)31-23(38-17)16-37-34(22-11-12-29-30-22)24(35)33(20-7-5-4-6-8-20)14-19-13-18(15-36-3)9-10-21(19)39-25(26,27)28/h4-13,17H,14-16H2,1-3H3,(H,29,30). The van der Waals surface area contributed by atoms with E-state index >= 15 is 0 Å². The molecule has 0 bridgehead atoms. The molecule has 208 valence electrons. The van der Waals surface area contributed by atoms with Crippen molar-refractivity contribution in [3.63, 3.8) is 0 Å². The molecule has 2 amide bonds. The van der Waals surface area contributed by atoms with E-state index in [1.807, 2.05) is 0 Å². The molecule has 11 nitrogen and oxygen atoms in total. The number of amides is 2. The molecular weight excluding hydrogens is 521 g/mol. The minimum Gasteiger partial charge on any atom is -0.453 e. The highest BCUT2D eigenvalue weighted by molar-refractivity contribution is 6.01. The summed E-state index contributed by atoms with van der Waals surface area (Å²) < 4.78 is 54.6. The number of para-hydroxylation sites is 1. The number of aromatic nitrogens is 2. The Balaban J connectivity index is 1.69. The first-order valence-electron chi connectivity index (χ1n) is 11.8. The molecule has 0 spiro atoms. The Morgan fingerprint density at radius 3 is 2.54 bits per heavy atom. The molecule has 0 saturated heterocycles. The number of benzene rings is 2. The number of hydrogen-bond donors (Lipinski definition) is 1. The van der Waals surface area contributed by atoms with Crippen molar-refractivity contribution >= 4 is 23.4 Å². The summed E-state index contributed by atoms with van der Waals surface area (Å²) in [5, 5.41) is 13.3. The normalized spacial score (nSPS) is 15.1. The number of anilines is 2. The lowest BCUT2D eigenvalue weighted by molar-refractivity contribution is -0.274. The van der Waals surface area contributed by atoms with Gasteiger partial charge in [-0.05, 0) is 36.8 Å². The van der Waals surface area contributed by atoms with Gasteiger partial charge in [0, 0.05) is 31.5 Å². The maximum absolute atomic E-state index is 14.0. The number of carbonyl (C=O) groups is 1. The zero-order valence-corrected chi connectivity index (χ0v) is 21.4. The third-order valence-corrected chi connectivity index (χ3v) is 5.59. The van der Waals surface area contributed by atoms with Crippen LogP contribution in [0.15, 0.2) is 65.9 Å². The monoisotopic (exact) mass is 548 g/mol. The van der Waals surface area contributed by atoms with Gasteiger partial charge >= 0.3 is 12.4 Å². The van der Waals surface area contributed by atoms with E-state index in [4.69, 9.17) is 14.3 Å². The van der Waals surface area contributed by atoms with Crippen molar-refractivity contribution in [1.82, 2.24) is 15.2 Å². The number of nitrogens with zero attached hydrogens (tertiary/aromatic N) is 5. The third-order valence-electron chi connectivity index (χ3n) is 5.59. The first kappa shape index (κ1) is 27.7. The fourth-order valence-electron chi connectivity index (χ4n) is 3.72. The zero-order chi connectivity index (χ0) is 28.0. The van der Waals surface area contributed by atoms with Crippen LogP contribution in [0, 0.1) is 0 Å². The van der Waals surface area contributed by atoms with Crippen molar-refractivity contribution in [2.24, 2.45) is 5.10 Å². The Morgan fingerprint density at radius 2 is 1.92 bits per heavy atom. The molecule has 4 rings (SSSR count). The van der Waals surface area contributed by atoms with Crippen molar-refractivity contribution in [2.75, 3.05) is 30.7 Å². The second-order valence-corrected chi connectivity index (χ2v) is 8.42. The Kier molecular flexibility index (Phi) is 8.56. The third kappa shape index (κ3) is 7.18. The van der Waals surface area contributed by atoms with Gasteiger partial charge in [0.2, 0.25) is 5.90 Å². The van der Waals surface area contributed by atoms with Gasteiger partial charge in [-0.1, -0.05) is 24.3 Å². The summed E-state index contributed by atoms with van der Waals surface area (Å²) in [5.41, 5.74) is 1.09. The average molecular weight is 549 g/mol. The molecule has 14 heteroatoms. The van der Waals surface area contributed by atoms with E-state index in [0.717, 1.165) is 5.06 Å². The van der Waals surface area contributed by atoms with Crippen molar-refractivity contribution < 1.29 is 37.0 Å². The van der Waals surface area contributed by atoms with Crippen LogP contribution in [0.2, 0.25) is 0 Å². The molecule has 0 saturated carbocycles. The first-order chi connectivity index (χ1) is 18.6. The molecule has 0 fully saturated rings. The van der Waals surface area contributed by atoms with Crippen molar-refractivity contribution in [3.05, 3.63) is 71.9 Å². The molecule has 1 aliphatic rings. The van der Waals surface area contributed by atoms with Crippen LogP contribution in [0.1, 0.15) is 18.1 Å². The van der Waals surface area contributed by atoms with Crippen molar-refractivity contribution in [1.29, 1.82) is 0 Å². The second kappa shape index (κ2) is 12.0. The number of carbonyl (C=O) groups excluding carboxylic acids is 1. The van der Waals surface area contributed by atoms with E-state index in [1.165, 1.54) is 42.5 Å². The van der Waals surface area contributed by atoms with Gasteiger partial charge in [0.1, 0.15) is 5.75 Å². The lowest BCUT2D eigenvalue weighted by Gasteiger charge is -2.29. The van der Waals surface area contributed by atoms with Crippen LogP contribution in [0.3, 0.4) is 0 Å². The smallest absolute Gasteiger partial charge is 0.453 e. The molecule has 3 aromatic rings. The topological polar surface area (TPSA) is 105 Å². The van der Waals surface area contributed by atoms with Gasteiger partial charge in [-0.25, -0.2) is 4.79 Å². The Hall–Kier alpha value is -4.30. The van der Waals surface area contributed by atoms with Gasteiger partial charge in [-0.15, -0.1) is 18.3 Å². The molecule has 0 radical (unpaired) electrons. The van der Waals surface area contributed by atoms with E-state index < -0.39 is 18.1 Å². The summed E-state index contributed by atoms with van der Waals surface area (Å²) in [6.45, 7) is 1.45. The SMILES string of the molecule is COCc1ccc(OC(F)(F)F)c(CN(C(=O)N(OCC2=NN(C)C(C)O2)c2ccn[nH]2)c2ccccc2)c1. The molecule has 1 aromatic heterocycles. The summed E-state index contributed by atoms with van der Waals surface area (Å²) in [7, 11) is 3.20. The molecule has 2 heterocycles. The van der Waals surface area contributed by atoms with Crippen LogP contribution in [0.25, 0.3) is 0 Å². The fraction of sp³-hybridized carbons (Fsp3) is 0.320. The van der Waals surface area contributed by atoms with Gasteiger partial charge in [-0.2, -0.15) is 10.2 Å². The number of rotatable bonds is 10. The van der Waals surface area contributed by atoms with E-state index in [1.54, 1.807) is 49.3 Å². The molecule has 1 aliphatic heterocycles. The second-order valence-electron chi connectivity index (χ2n) is 8.42. The maximum atomic E-state index is 14.0. The molecule has 2 aromatic carbocycles. The zero-order valence-electron chi connectivity index (χ0n) is 21.4. The number of ether oxygens (including phenoxy) is 3. The number of nitrogens with one attached hydrogen (secondary N) is 1. The van der Waals surface area contributed by atoms with Gasteiger partial charge in [0.25, 0.3) is 0 Å². The molecular formula is C25H27F3N6O5. The van der Waals surface area contributed by atoms with E-state index in [9.17, 15) is 18.0 Å². The van der Waals surface area contributed by atoms with Crippen molar-refractivity contribution in [3.8, 4) is 5.75 Å². The number of methoxy groups -OCH3 is 1. The fourth-order valence-corrected chi connectivity index (χ4v) is 3.72. The van der Waals surface area contributed by atoms with Crippen LogP contribution >= 0.6 is 0 Å². The number of halogens is 3. The summed E-state index contributed by atoms with van der Waals surface area (Å²) in [6.07, 6.45) is -3.82. The van der Waals surface area contributed by atoms with Crippen molar-refractivity contribution in [2.45, 2.75) is 32.7 Å². The number of H-pyrrole nitrogens is 1. The average Bonchev–Trinajstić information content (AvgIpc) is 3.53. The molecule has 39 heavy (non-hydrogen) atoms. The number of hydrazone groups is 1. The summed E-state index contributed by atoms with van der Waals surface area (Å²) in [4.78, 5) is 21.0. The minimum absolute atomic E-state index is 0.0996. The van der Waals surface area contributed by atoms with Gasteiger partial charge in [-0.3, -0.25) is 19.8 Å². The largest absolute Gasteiger partial charge is 0.573 e. The first-order valence-corrected chi connectivity index (χ1v) is 11.8. The van der Waals surface area contributed by atoms with Crippen LogP contribution in [0.5, 0.6) is 5.75 Å². The van der Waals surface area contributed by atoms with Gasteiger partial charge in [0.05, 0.1) is 19.3 Å². The van der Waals surface area contributed by atoms with Gasteiger partial charge < -0.3 is 14.2 Å². The number of aromatic amines is 1. The Labute approximate surface area is 222 Å². The van der Waals surface area contributed by atoms with E-state index in [-0.39, 0.29) is 43.3 Å². The summed E-state index contributed by atoms with van der Waals surface area (Å²) in [5.74, 6) is -0.0293. The Bertz CT molecular complexity index is 1270. The van der Waals surface area contributed by atoms with Crippen LogP contribution in [-0.2, 0) is 27.5 Å². The van der Waals surface area contributed by atoms with E-state index in [0.29, 0.717) is 11.3 Å². The summed E-state index contributed by atoms with van der Waals surface area (Å²) >= 11 is 0. The Morgan fingerprint density at radius 1 is 1.15 bits per heavy atom. The molecule has 0 aliphatic carbocycles. The maximum Gasteiger partial charge on any atom is 0.573 e. The highest BCUT2D eigenvalue weighted by Gasteiger charge is 2.34. The lowest BCUT2D eigenvalue weighted by Crippen LogP contribution is -2.44. The number of hydroxylamine groups is 1. The number of hydrogen-bond acceptors (Lipinski definition) is 8. The predicted molar refractivity (Wildman–Crippen MR) is 135 cm³/mol. The number of urea groups is 1. The van der Waals surface area contributed by atoms with E-state index in [2.05, 4.69) is 20.0 Å². The molecule has 1 N–H and O–H groups in total. The van der Waals surface area contributed by atoms with Crippen LogP contribution in [0.4, 0.5) is 29.5 Å². The highest BCUT2D eigenvalue weighted by Crippen LogP contribution is 2.31. The molecule has 1 unspecified atom stereocenters.